The summed E-state index contributed by atoms with van der Waals surface area (Å²) in [5, 5.41) is 0. The SMILES string of the molecule is COC1CCC2(CC1)Cc1ccc(CCC3CC3)cc1C21N=C(N)N(Cc2ccc(C(F)(F)F)cn2)C1=O. The Morgan fingerprint density at radius 1 is 1.13 bits per heavy atom. The van der Waals surface area contributed by atoms with Crippen molar-refractivity contribution in [1.82, 2.24) is 9.88 Å². The molecule has 1 aromatic carbocycles. The van der Waals surface area contributed by atoms with Crippen molar-refractivity contribution < 1.29 is 22.7 Å². The number of hydrogen-bond acceptors (Lipinski definition) is 5. The quantitative estimate of drug-likeness (QED) is 0.566. The van der Waals surface area contributed by atoms with E-state index in [9.17, 15) is 18.0 Å². The number of guanidine groups is 1. The van der Waals surface area contributed by atoms with Crippen LogP contribution in [0.2, 0.25) is 0 Å². The molecule has 38 heavy (non-hydrogen) atoms. The number of methoxy groups -OCH3 is 1. The fraction of sp³-hybridized carbons (Fsp3) is 0.552. The van der Waals surface area contributed by atoms with Gasteiger partial charge in [0.2, 0.25) is 0 Å². The Morgan fingerprint density at radius 2 is 1.89 bits per heavy atom. The molecule has 1 unspecified atom stereocenters. The molecule has 2 N–H and O–H groups in total. The third kappa shape index (κ3) is 4.10. The summed E-state index contributed by atoms with van der Waals surface area (Å²) in [5.74, 6) is 0.702. The van der Waals surface area contributed by atoms with E-state index in [-0.39, 0.29) is 24.5 Å². The highest BCUT2D eigenvalue weighted by Crippen LogP contribution is 2.62. The van der Waals surface area contributed by atoms with Gasteiger partial charge in [0.05, 0.1) is 23.9 Å². The Labute approximate surface area is 220 Å². The zero-order chi connectivity index (χ0) is 26.7. The fourth-order valence-corrected chi connectivity index (χ4v) is 6.84. The number of aromatic nitrogens is 1. The van der Waals surface area contributed by atoms with E-state index in [0.717, 1.165) is 74.3 Å². The number of nitrogens with zero attached hydrogens (tertiary/aromatic N) is 3. The van der Waals surface area contributed by atoms with Gasteiger partial charge in [0, 0.05) is 18.7 Å². The monoisotopic (exact) mass is 526 g/mol. The summed E-state index contributed by atoms with van der Waals surface area (Å²) in [6, 6.07) is 8.80. The summed E-state index contributed by atoms with van der Waals surface area (Å²) in [7, 11) is 1.73. The molecule has 1 atom stereocenters. The van der Waals surface area contributed by atoms with E-state index in [1.165, 1.54) is 29.4 Å². The van der Waals surface area contributed by atoms with Crippen LogP contribution >= 0.6 is 0 Å². The Balaban J connectivity index is 1.35. The third-order valence-corrected chi connectivity index (χ3v) is 9.21. The molecule has 3 aliphatic carbocycles. The average Bonchev–Trinajstić information content (AvgIpc) is 3.65. The maximum absolute atomic E-state index is 14.4. The minimum absolute atomic E-state index is 0.0263. The number of ether oxygens (including phenoxy) is 1. The molecule has 2 saturated carbocycles. The van der Waals surface area contributed by atoms with E-state index in [1.54, 1.807) is 7.11 Å². The molecule has 0 saturated heterocycles. The van der Waals surface area contributed by atoms with Crippen molar-refractivity contribution in [2.24, 2.45) is 22.1 Å². The smallest absolute Gasteiger partial charge is 0.381 e. The van der Waals surface area contributed by atoms with Crippen LogP contribution in [-0.4, -0.2) is 35.0 Å². The van der Waals surface area contributed by atoms with Crippen LogP contribution < -0.4 is 5.73 Å². The third-order valence-electron chi connectivity index (χ3n) is 9.21. The predicted molar refractivity (Wildman–Crippen MR) is 136 cm³/mol. The van der Waals surface area contributed by atoms with E-state index in [2.05, 4.69) is 23.2 Å². The number of aryl methyl sites for hydroxylation is 1. The second kappa shape index (κ2) is 9.07. The number of pyridine rings is 1. The molecule has 0 radical (unpaired) electrons. The normalized spacial score (nSPS) is 28.8. The second-order valence-electron chi connectivity index (χ2n) is 11.5. The summed E-state index contributed by atoms with van der Waals surface area (Å²) in [6.07, 6.45) is 5.18. The lowest BCUT2D eigenvalue weighted by molar-refractivity contribution is -0.139. The van der Waals surface area contributed by atoms with Crippen molar-refractivity contribution in [2.45, 2.75) is 82.2 Å². The van der Waals surface area contributed by atoms with Gasteiger partial charge >= 0.3 is 6.18 Å². The molecule has 2 heterocycles. The summed E-state index contributed by atoms with van der Waals surface area (Å²) >= 11 is 0. The molecule has 1 amide bonds. The van der Waals surface area contributed by atoms with E-state index in [0.29, 0.717) is 5.69 Å². The molecule has 2 aromatic rings. The summed E-state index contributed by atoms with van der Waals surface area (Å²) < 4.78 is 44.7. The van der Waals surface area contributed by atoms with Crippen LogP contribution in [0.25, 0.3) is 0 Å². The Morgan fingerprint density at radius 3 is 2.53 bits per heavy atom. The molecular weight excluding hydrogens is 493 g/mol. The number of hydrogen-bond donors (Lipinski definition) is 1. The molecule has 2 spiro atoms. The van der Waals surface area contributed by atoms with Crippen molar-refractivity contribution in [3.8, 4) is 0 Å². The second-order valence-corrected chi connectivity index (χ2v) is 11.5. The summed E-state index contributed by atoms with van der Waals surface area (Å²) in [6.45, 7) is -0.0263. The Hall–Kier alpha value is -2.94. The van der Waals surface area contributed by atoms with Crippen molar-refractivity contribution in [3.63, 3.8) is 0 Å². The van der Waals surface area contributed by atoms with Crippen LogP contribution in [0.1, 0.15) is 72.9 Å². The van der Waals surface area contributed by atoms with Crippen molar-refractivity contribution in [3.05, 3.63) is 64.5 Å². The summed E-state index contributed by atoms with van der Waals surface area (Å²) in [4.78, 5) is 24.8. The Kier molecular flexibility index (Phi) is 6.05. The molecule has 202 valence electrons. The summed E-state index contributed by atoms with van der Waals surface area (Å²) in [5.41, 5.74) is 7.68. The van der Waals surface area contributed by atoms with Crippen molar-refractivity contribution in [2.75, 3.05) is 7.11 Å². The maximum Gasteiger partial charge on any atom is 0.417 e. The van der Waals surface area contributed by atoms with Crippen LogP contribution in [0, 0.1) is 11.3 Å². The van der Waals surface area contributed by atoms with Crippen molar-refractivity contribution in [1.29, 1.82) is 0 Å². The first kappa shape index (κ1) is 25.3. The molecule has 6 rings (SSSR count). The van der Waals surface area contributed by atoms with Crippen LogP contribution in [0.15, 0.2) is 41.5 Å². The molecular formula is C29H33F3N4O2. The number of alkyl halides is 3. The van der Waals surface area contributed by atoms with Crippen LogP contribution in [0.5, 0.6) is 0 Å². The number of rotatable bonds is 6. The molecule has 1 aliphatic heterocycles. The number of amides is 1. The van der Waals surface area contributed by atoms with E-state index < -0.39 is 22.7 Å². The van der Waals surface area contributed by atoms with Gasteiger partial charge in [-0.25, -0.2) is 4.99 Å². The molecule has 1 aromatic heterocycles. The zero-order valence-corrected chi connectivity index (χ0v) is 21.6. The van der Waals surface area contributed by atoms with Crippen LogP contribution in [0.3, 0.4) is 0 Å². The van der Waals surface area contributed by atoms with E-state index in [1.807, 2.05) is 0 Å². The van der Waals surface area contributed by atoms with E-state index >= 15 is 0 Å². The van der Waals surface area contributed by atoms with Gasteiger partial charge in [-0.05, 0) is 79.7 Å². The first-order chi connectivity index (χ1) is 18.1. The van der Waals surface area contributed by atoms with Gasteiger partial charge in [-0.15, -0.1) is 0 Å². The Bertz CT molecular complexity index is 1260. The number of halogens is 3. The minimum atomic E-state index is -4.47. The largest absolute Gasteiger partial charge is 0.417 e. The number of carbonyl (C=O) groups excluding carboxylic acids is 1. The molecule has 9 heteroatoms. The lowest BCUT2D eigenvalue weighted by atomic mass is 9.61. The topological polar surface area (TPSA) is 80.8 Å². The first-order valence-electron chi connectivity index (χ1n) is 13.5. The van der Waals surface area contributed by atoms with Gasteiger partial charge in [0.1, 0.15) is 0 Å². The highest BCUT2D eigenvalue weighted by Gasteiger charge is 2.66. The van der Waals surface area contributed by atoms with Gasteiger partial charge in [-0.3, -0.25) is 14.7 Å². The van der Waals surface area contributed by atoms with Crippen LogP contribution in [0.4, 0.5) is 13.2 Å². The highest BCUT2D eigenvalue weighted by molar-refractivity contribution is 6.08. The predicted octanol–water partition coefficient (Wildman–Crippen LogP) is 5.13. The fourth-order valence-electron chi connectivity index (χ4n) is 6.84. The highest BCUT2D eigenvalue weighted by atomic mass is 19.4. The zero-order valence-electron chi connectivity index (χ0n) is 21.6. The lowest BCUT2D eigenvalue weighted by Crippen LogP contribution is -2.52. The van der Waals surface area contributed by atoms with Gasteiger partial charge in [-0.2, -0.15) is 13.2 Å². The molecule has 0 bridgehead atoms. The molecule has 2 fully saturated rings. The minimum Gasteiger partial charge on any atom is -0.381 e. The van der Waals surface area contributed by atoms with Gasteiger partial charge in [0.25, 0.3) is 5.91 Å². The number of aliphatic imine (C=N–C) groups is 1. The number of benzene rings is 1. The molecule has 6 nitrogen and oxygen atoms in total. The van der Waals surface area contributed by atoms with Gasteiger partial charge < -0.3 is 10.5 Å². The lowest BCUT2D eigenvalue weighted by Gasteiger charge is -2.45. The van der Waals surface area contributed by atoms with Crippen molar-refractivity contribution >= 4 is 11.9 Å². The first-order valence-corrected chi connectivity index (χ1v) is 13.5. The average molecular weight is 527 g/mol. The van der Waals surface area contributed by atoms with Gasteiger partial charge in [-0.1, -0.05) is 31.0 Å². The van der Waals surface area contributed by atoms with E-state index in [4.69, 9.17) is 15.5 Å². The van der Waals surface area contributed by atoms with Crippen LogP contribution in [-0.2, 0) is 40.6 Å². The molecule has 4 aliphatic rings. The standard InChI is InChI=1S/C29H33F3N4O2/c1-38-23-10-12-27(13-11-23)15-20-7-6-19(5-4-18-2-3-18)14-24(20)28(27)25(37)36(26(33)35-28)17-22-9-8-21(16-34-22)29(30,31)32/h6-9,14,16,18,23H,2-5,10-13,15,17H2,1H3,(H2,33,35). The number of fused-ring (bicyclic) bond motifs is 3. The number of nitrogens with two attached hydrogens (primary N) is 1. The van der Waals surface area contributed by atoms with Gasteiger partial charge in [0.15, 0.2) is 11.5 Å². The maximum atomic E-state index is 14.4. The number of carbonyl (C=O) groups is 1.